The number of methoxy groups -OCH3 is 1. The molecule has 2 aromatic carbocycles. The summed E-state index contributed by atoms with van der Waals surface area (Å²) in [6.45, 7) is 5.27. The van der Waals surface area contributed by atoms with Crippen LogP contribution < -0.4 is 30.7 Å². The number of hydrogen-bond donors (Lipinski definition) is 4. The maximum atomic E-state index is 13.9. The molecule has 0 aromatic heterocycles. The summed E-state index contributed by atoms with van der Waals surface area (Å²) < 4.78 is 11.3. The van der Waals surface area contributed by atoms with E-state index in [1.165, 1.54) is 0 Å². The molecule has 4 rings (SSSR count). The van der Waals surface area contributed by atoms with Crippen LogP contribution >= 0.6 is 0 Å². The molecule has 1 heterocycles. The molecule has 4 N–H and O–H groups in total. The van der Waals surface area contributed by atoms with Crippen molar-refractivity contribution in [3.05, 3.63) is 65.7 Å². The van der Waals surface area contributed by atoms with E-state index in [1.807, 2.05) is 60.7 Å². The van der Waals surface area contributed by atoms with Crippen molar-refractivity contribution in [3.8, 4) is 11.5 Å². The molecule has 0 unspecified atom stereocenters. The Morgan fingerprint density at radius 2 is 1.71 bits per heavy atom. The van der Waals surface area contributed by atoms with E-state index in [2.05, 4.69) is 35.1 Å². The van der Waals surface area contributed by atoms with Gasteiger partial charge in [-0.15, -0.1) is 0 Å². The molecule has 9 heteroatoms. The Labute approximate surface area is 248 Å². The summed E-state index contributed by atoms with van der Waals surface area (Å²) in [4.78, 5) is 41.0. The second kappa shape index (κ2) is 14.9. The zero-order valence-corrected chi connectivity index (χ0v) is 24.9. The Bertz CT molecular complexity index is 1240. The standard InChI is InChI=1S/C33H44N4O5/c1-23(2)21-27-31(39)37-33(16-6-7-17-33)32(40)36-28(22-24-12-14-26(41-3)15-13-24)30(38)35-18-8-10-25-9-4-5-11-29(25)42-20-19-34-27/h4-5,8-15,23,27-28,34H,6-7,16-22H2,1-3H3,(H,35,38)(H,36,40)(H,37,39)/b10-8-/t27-,28-/m0/s1. The monoisotopic (exact) mass is 576 g/mol. The highest BCUT2D eigenvalue weighted by atomic mass is 16.5. The van der Waals surface area contributed by atoms with E-state index >= 15 is 0 Å². The Hall–Kier alpha value is -3.85. The molecule has 1 spiro atoms. The minimum absolute atomic E-state index is 0.207. The van der Waals surface area contributed by atoms with Gasteiger partial charge < -0.3 is 30.7 Å². The first-order chi connectivity index (χ1) is 20.3. The lowest BCUT2D eigenvalue weighted by atomic mass is 9.93. The van der Waals surface area contributed by atoms with Gasteiger partial charge >= 0.3 is 0 Å². The van der Waals surface area contributed by atoms with E-state index in [0.29, 0.717) is 44.6 Å². The number of ether oxygens (including phenoxy) is 2. The predicted molar refractivity (Wildman–Crippen MR) is 163 cm³/mol. The van der Waals surface area contributed by atoms with Crippen LogP contribution in [0.15, 0.2) is 54.6 Å². The van der Waals surface area contributed by atoms with Crippen molar-refractivity contribution in [2.45, 2.75) is 70.0 Å². The van der Waals surface area contributed by atoms with Gasteiger partial charge in [0, 0.05) is 25.1 Å². The molecule has 226 valence electrons. The van der Waals surface area contributed by atoms with E-state index in [-0.39, 0.29) is 30.2 Å². The average molecular weight is 577 g/mol. The molecule has 1 saturated carbocycles. The van der Waals surface area contributed by atoms with Crippen LogP contribution in [0, 0.1) is 5.92 Å². The van der Waals surface area contributed by atoms with Gasteiger partial charge in [0.25, 0.3) is 0 Å². The number of nitrogens with one attached hydrogen (secondary N) is 4. The summed E-state index contributed by atoms with van der Waals surface area (Å²) in [6.07, 6.45) is 7.38. The van der Waals surface area contributed by atoms with E-state index < -0.39 is 17.6 Å². The van der Waals surface area contributed by atoms with Crippen LogP contribution in [0.2, 0.25) is 0 Å². The molecule has 42 heavy (non-hydrogen) atoms. The Morgan fingerprint density at radius 1 is 0.976 bits per heavy atom. The summed E-state index contributed by atoms with van der Waals surface area (Å²) in [6, 6.07) is 13.8. The van der Waals surface area contributed by atoms with Crippen LogP contribution in [0.4, 0.5) is 0 Å². The van der Waals surface area contributed by atoms with Gasteiger partial charge in [0.2, 0.25) is 17.7 Å². The quantitative estimate of drug-likeness (QED) is 0.434. The zero-order chi connectivity index (χ0) is 30.0. The molecule has 0 radical (unpaired) electrons. The summed E-state index contributed by atoms with van der Waals surface area (Å²) in [5, 5.41) is 12.4. The number of fused-ring (bicyclic) bond motifs is 1. The van der Waals surface area contributed by atoms with Gasteiger partial charge in [0.1, 0.15) is 29.7 Å². The fourth-order valence-corrected chi connectivity index (χ4v) is 5.58. The highest BCUT2D eigenvalue weighted by Gasteiger charge is 2.44. The molecule has 0 saturated heterocycles. The maximum absolute atomic E-state index is 13.9. The lowest BCUT2D eigenvalue weighted by Crippen LogP contribution is -2.63. The van der Waals surface area contributed by atoms with E-state index in [1.54, 1.807) is 7.11 Å². The largest absolute Gasteiger partial charge is 0.497 e. The van der Waals surface area contributed by atoms with Crippen LogP contribution in [0.3, 0.4) is 0 Å². The van der Waals surface area contributed by atoms with Crippen molar-refractivity contribution in [1.29, 1.82) is 0 Å². The molecule has 0 bridgehead atoms. The topological polar surface area (TPSA) is 118 Å². The lowest BCUT2D eigenvalue weighted by molar-refractivity contribution is -0.136. The molecule has 9 nitrogen and oxygen atoms in total. The second-order valence-corrected chi connectivity index (χ2v) is 11.5. The van der Waals surface area contributed by atoms with Gasteiger partial charge in [0.05, 0.1) is 13.2 Å². The molecule has 2 aromatic rings. The number of para-hydroxylation sites is 1. The van der Waals surface area contributed by atoms with Gasteiger partial charge in [-0.25, -0.2) is 0 Å². The predicted octanol–water partition coefficient (Wildman–Crippen LogP) is 3.38. The molecule has 2 aliphatic rings. The SMILES string of the molecule is COc1ccc(C[C@@H]2NC(=O)C3(CCCC3)NC(=O)[C@H](CC(C)C)NCCOc3ccccc3/C=C\CNC2=O)cc1. The van der Waals surface area contributed by atoms with Crippen molar-refractivity contribution in [2.24, 2.45) is 5.92 Å². The molecular weight excluding hydrogens is 532 g/mol. The number of hydrogen-bond acceptors (Lipinski definition) is 6. The summed E-state index contributed by atoms with van der Waals surface area (Å²) >= 11 is 0. The molecule has 3 amide bonds. The normalized spacial score (nSPS) is 22.6. The van der Waals surface area contributed by atoms with Crippen LogP contribution in [-0.4, -0.2) is 62.2 Å². The first-order valence-corrected chi connectivity index (χ1v) is 14.9. The van der Waals surface area contributed by atoms with Crippen molar-refractivity contribution < 1.29 is 23.9 Å². The number of amides is 3. The number of rotatable bonds is 5. The first kappa shape index (κ1) is 31.1. The summed E-state index contributed by atoms with van der Waals surface area (Å²) in [5.41, 5.74) is 0.703. The van der Waals surface area contributed by atoms with Crippen molar-refractivity contribution >= 4 is 23.8 Å². The molecule has 2 atom stereocenters. The van der Waals surface area contributed by atoms with E-state index in [4.69, 9.17) is 9.47 Å². The third kappa shape index (κ3) is 8.35. The van der Waals surface area contributed by atoms with Gasteiger partial charge in [-0.1, -0.05) is 69.2 Å². The van der Waals surface area contributed by atoms with E-state index in [9.17, 15) is 14.4 Å². The van der Waals surface area contributed by atoms with Gasteiger partial charge in [0.15, 0.2) is 0 Å². The van der Waals surface area contributed by atoms with Crippen LogP contribution in [0.5, 0.6) is 11.5 Å². The number of carbonyl (C=O) groups is 3. The smallest absolute Gasteiger partial charge is 0.246 e. The number of benzene rings is 2. The lowest BCUT2D eigenvalue weighted by Gasteiger charge is -2.33. The minimum atomic E-state index is -1.06. The van der Waals surface area contributed by atoms with Crippen molar-refractivity contribution in [2.75, 3.05) is 26.8 Å². The van der Waals surface area contributed by atoms with Gasteiger partial charge in [-0.3, -0.25) is 14.4 Å². The Morgan fingerprint density at radius 3 is 2.43 bits per heavy atom. The van der Waals surface area contributed by atoms with Crippen LogP contribution in [-0.2, 0) is 20.8 Å². The van der Waals surface area contributed by atoms with Crippen LogP contribution in [0.1, 0.15) is 57.1 Å². The first-order valence-electron chi connectivity index (χ1n) is 14.9. The maximum Gasteiger partial charge on any atom is 0.246 e. The third-order valence-electron chi connectivity index (χ3n) is 7.86. The Kier molecular flexibility index (Phi) is 11.0. The molecule has 1 aliphatic heterocycles. The summed E-state index contributed by atoms with van der Waals surface area (Å²) in [7, 11) is 1.60. The fourth-order valence-electron chi connectivity index (χ4n) is 5.58. The molecule has 1 fully saturated rings. The Balaban J connectivity index is 1.62. The van der Waals surface area contributed by atoms with Gasteiger partial charge in [-0.2, -0.15) is 0 Å². The summed E-state index contributed by atoms with van der Waals surface area (Å²) in [5.74, 6) is 0.878. The average Bonchev–Trinajstić information content (AvgIpc) is 3.46. The van der Waals surface area contributed by atoms with Crippen molar-refractivity contribution in [1.82, 2.24) is 21.3 Å². The molecular formula is C33H44N4O5. The molecule has 1 aliphatic carbocycles. The highest BCUT2D eigenvalue weighted by Crippen LogP contribution is 2.31. The third-order valence-corrected chi connectivity index (χ3v) is 7.86. The second-order valence-electron chi connectivity index (χ2n) is 11.5. The van der Waals surface area contributed by atoms with Crippen LogP contribution in [0.25, 0.3) is 6.08 Å². The van der Waals surface area contributed by atoms with Crippen molar-refractivity contribution in [3.63, 3.8) is 0 Å². The minimum Gasteiger partial charge on any atom is -0.497 e. The highest BCUT2D eigenvalue weighted by molar-refractivity contribution is 5.96. The zero-order valence-electron chi connectivity index (χ0n) is 24.9. The van der Waals surface area contributed by atoms with E-state index in [0.717, 1.165) is 29.7 Å². The fraction of sp³-hybridized carbons (Fsp3) is 0.485. The van der Waals surface area contributed by atoms with Gasteiger partial charge in [-0.05, 0) is 48.9 Å². The number of carbonyl (C=O) groups excluding carboxylic acids is 3.